The van der Waals surface area contributed by atoms with Crippen LogP contribution in [0.15, 0.2) is 18.2 Å². The maximum absolute atomic E-state index is 11.1. The molecule has 0 aliphatic rings. The highest BCUT2D eigenvalue weighted by Crippen LogP contribution is 2.28. The number of nitro groups is 2. The molecule has 48 heavy (non-hydrogen) atoms. The number of nitro benzene ring substituents is 2. The molecule has 18 heteroatoms. The van der Waals surface area contributed by atoms with Gasteiger partial charge >= 0.3 is 0 Å². The zero-order chi connectivity index (χ0) is 34.9. The molecule has 0 bridgehead atoms. The summed E-state index contributed by atoms with van der Waals surface area (Å²) >= 11 is 0. The highest BCUT2D eigenvalue weighted by molar-refractivity contribution is 5.65. The molecule has 0 saturated heterocycles. The lowest BCUT2D eigenvalue weighted by molar-refractivity contribution is -0.393. The van der Waals surface area contributed by atoms with Crippen molar-refractivity contribution in [3.8, 4) is 0 Å². The first-order valence-electron chi connectivity index (χ1n) is 16.0. The Balaban J connectivity index is 1.73. The van der Waals surface area contributed by atoms with Crippen LogP contribution in [0, 0.1) is 20.2 Å². The van der Waals surface area contributed by atoms with Crippen LogP contribution in [0.4, 0.5) is 17.1 Å². The van der Waals surface area contributed by atoms with E-state index in [4.69, 9.17) is 47.4 Å². The molecule has 0 unspecified atom stereocenters. The molecule has 278 valence electrons. The molecule has 1 N–H and O–H groups in total. The van der Waals surface area contributed by atoms with Gasteiger partial charge in [-0.3, -0.25) is 20.2 Å². The molecule has 1 aromatic rings. The number of non-ortho nitro benzene ring substituents is 1. The summed E-state index contributed by atoms with van der Waals surface area (Å²) in [5.74, 6) is 0. The molecule has 1 aromatic carbocycles. The monoisotopic (exact) mass is 694 g/mol. The maximum Gasteiger partial charge on any atom is 0.299 e. The van der Waals surface area contributed by atoms with Gasteiger partial charge in [-0.2, -0.15) is 0 Å². The van der Waals surface area contributed by atoms with Crippen LogP contribution in [0.25, 0.3) is 0 Å². The minimum Gasteiger partial charge on any atom is -0.378 e. The lowest BCUT2D eigenvalue weighted by atomic mass is 10.2. The van der Waals surface area contributed by atoms with Crippen molar-refractivity contribution in [3.63, 3.8) is 0 Å². The van der Waals surface area contributed by atoms with Gasteiger partial charge < -0.3 is 57.6 Å². The zero-order valence-electron chi connectivity index (χ0n) is 28.3. The van der Waals surface area contributed by atoms with Crippen LogP contribution in [0.2, 0.25) is 0 Å². The van der Waals surface area contributed by atoms with Crippen molar-refractivity contribution in [2.45, 2.75) is 0 Å². The average Bonchev–Trinajstić information content (AvgIpc) is 3.06. The van der Waals surface area contributed by atoms with E-state index in [1.54, 1.807) is 0 Å². The Morgan fingerprint density at radius 2 is 0.854 bits per heavy atom. The summed E-state index contributed by atoms with van der Waals surface area (Å²) in [5.41, 5.74) is -0.522. The molecule has 0 aromatic heterocycles. The fraction of sp³-hybridized carbons (Fsp3) is 0.800. The predicted molar refractivity (Wildman–Crippen MR) is 175 cm³/mol. The largest absolute Gasteiger partial charge is 0.378 e. The van der Waals surface area contributed by atoms with Crippen LogP contribution in [0.1, 0.15) is 0 Å². The van der Waals surface area contributed by atoms with Gasteiger partial charge in [-0.15, -0.1) is 0 Å². The van der Waals surface area contributed by atoms with E-state index < -0.39 is 9.85 Å². The number of benzene rings is 1. The Morgan fingerprint density at radius 1 is 0.521 bits per heavy atom. The van der Waals surface area contributed by atoms with E-state index in [0.29, 0.717) is 132 Å². The lowest BCUT2D eigenvalue weighted by Gasteiger charge is -2.10. The first kappa shape index (κ1) is 43.4. The number of likely N-dealkylation sites (N-methyl/N-ethyl adjacent to an activating group) is 1. The van der Waals surface area contributed by atoms with Gasteiger partial charge in [-0.1, -0.05) is 0 Å². The van der Waals surface area contributed by atoms with Gasteiger partial charge in [0.2, 0.25) is 0 Å². The molecule has 0 atom stereocenters. The highest BCUT2D eigenvalue weighted by atomic mass is 16.6. The van der Waals surface area contributed by atoms with Crippen LogP contribution in [0.5, 0.6) is 0 Å². The summed E-state index contributed by atoms with van der Waals surface area (Å²) in [4.78, 5) is 22.7. The van der Waals surface area contributed by atoms with Gasteiger partial charge in [0, 0.05) is 19.2 Å². The number of hydrogen-bond donors (Lipinski definition) is 1. The van der Waals surface area contributed by atoms with Crippen LogP contribution >= 0.6 is 0 Å². The van der Waals surface area contributed by atoms with Crippen molar-refractivity contribution in [3.05, 3.63) is 38.4 Å². The number of anilines is 1. The van der Waals surface area contributed by atoms with Crippen LogP contribution in [0.3, 0.4) is 0 Å². The Kier molecular flexibility index (Phi) is 28.6. The molecule has 0 saturated carbocycles. The topological polar surface area (TPSA) is 194 Å². The van der Waals surface area contributed by atoms with Crippen molar-refractivity contribution in [2.75, 3.05) is 165 Å². The van der Waals surface area contributed by atoms with Gasteiger partial charge in [0.1, 0.15) is 5.69 Å². The average molecular weight is 695 g/mol. The van der Waals surface area contributed by atoms with E-state index in [2.05, 4.69) is 10.2 Å². The molecule has 0 fully saturated rings. The van der Waals surface area contributed by atoms with E-state index >= 15 is 0 Å². The Hall–Kier alpha value is -2.62. The summed E-state index contributed by atoms with van der Waals surface area (Å²) in [6.45, 7) is 10.7. The maximum atomic E-state index is 11.1. The van der Waals surface area contributed by atoms with E-state index in [9.17, 15) is 20.2 Å². The molecule has 0 aliphatic heterocycles. The third-order valence-corrected chi connectivity index (χ3v) is 5.98. The minimum atomic E-state index is -0.680. The van der Waals surface area contributed by atoms with Gasteiger partial charge in [-0.05, 0) is 20.2 Å². The van der Waals surface area contributed by atoms with Crippen molar-refractivity contribution in [1.29, 1.82) is 0 Å². The second-order valence-corrected chi connectivity index (χ2v) is 10.1. The summed E-state index contributed by atoms with van der Waals surface area (Å²) in [6, 6.07) is 3.43. The predicted octanol–water partition coefficient (Wildman–Crippen LogP) is 1.64. The molecule has 0 aliphatic carbocycles. The Morgan fingerprint density at radius 3 is 1.17 bits per heavy atom. The van der Waals surface area contributed by atoms with Crippen molar-refractivity contribution in [1.82, 2.24) is 4.90 Å². The van der Waals surface area contributed by atoms with Crippen LogP contribution in [-0.2, 0) is 47.4 Å². The first-order chi connectivity index (χ1) is 23.4. The van der Waals surface area contributed by atoms with Crippen molar-refractivity contribution < 1.29 is 57.2 Å². The second kappa shape index (κ2) is 31.6. The summed E-state index contributed by atoms with van der Waals surface area (Å²) in [5, 5.41) is 24.8. The molecule has 0 spiro atoms. The molecule has 1 rings (SSSR count). The molecule has 0 radical (unpaired) electrons. The summed E-state index contributed by atoms with van der Waals surface area (Å²) < 4.78 is 54.4. The summed E-state index contributed by atoms with van der Waals surface area (Å²) in [7, 11) is 4.02. The minimum absolute atomic E-state index is 0.187. The van der Waals surface area contributed by atoms with Gasteiger partial charge in [0.05, 0.1) is 148 Å². The van der Waals surface area contributed by atoms with Crippen LogP contribution < -0.4 is 5.32 Å². The smallest absolute Gasteiger partial charge is 0.299 e. The number of nitrogens with one attached hydrogen (secondary N) is 1. The third-order valence-electron chi connectivity index (χ3n) is 5.98. The van der Waals surface area contributed by atoms with E-state index in [0.717, 1.165) is 12.6 Å². The van der Waals surface area contributed by atoms with E-state index in [1.165, 1.54) is 12.1 Å². The molecule has 0 amide bonds. The summed E-state index contributed by atoms with van der Waals surface area (Å²) in [6.07, 6.45) is 0. The standard InChI is InChI=1S/C30H54N4O14/c1-32(2)6-8-40-10-12-42-14-16-44-18-20-46-22-24-48-26-25-47-23-21-45-19-17-43-15-13-41-11-9-39-7-5-31-29-4-3-28(33(35)36)27-30(29)34(37)38/h3-4,27,31H,5-26H2,1-2H3. The lowest BCUT2D eigenvalue weighted by Crippen LogP contribution is -2.19. The fourth-order valence-electron chi connectivity index (χ4n) is 3.52. The zero-order valence-corrected chi connectivity index (χ0v) is 28.3. The quantitative estimate of drug-likeness (QED) is 0.0605. The SMILES string of the molecule is CN(C)CCOCCOCCOCCOCCOCCOCCOCCOCCOCCOCCNc1ccc([N+](=O)[O-])cc1[N+](=O)[O-]. The van der Waals surface area contributed by atoms with Crippen molar-refractivity contribution >= 4 is 17.1 Å². The van der Waals surface area contributed by atoms with Crippen LogP contribution in [-0.4, -0.2) is 174 Å². The van der Waals surface area contributed by atoms with Gasteiger partial charge in [-0.25, -0.2) is 0 Å². The molecular weight excluding hydrogens is 640 g/mol. The number of nitrogens with zero attached hydrogens (tertiary/aromatic N) is 3. The Bertz CT molecular complexity index is 932. The second-order valence-electron chi connectivity index (χ2n) is 10.1. The molecular formula is C30H54N4O14. The van der Waals surface area contributed by atoms with Crippen molar-refractivity contribution in [2.24, 2.45) is 0 Å². The number of hydrogen-bond acceptors (Lipinski definition) is 16. The van der Waals surface area contributed by atoms with E-state index in [-0.39, 0.29) is 23.7 Å². The molecule has 18 nitrogen and oxygen atoms in total. The number of ether oxygens (including phenoxy) is 10. The first-order valence-corrected chi connectivity index (χ1v) is 16.0. The van der Waals surface area contributed by atoms with Gasteiger partial charge in [0.15, 0.2) is 0 Å². The molecule has 0 heterocycles. The normalized spacial score (nSPS) is 11.4. The highest BCUT2D eigenvalue weighted by Gasteiger charge is 2.19. The van der Waals surface area contributed by atoms with E-state index in [1.807, 2.05) is 14.1 Å². The number of rotatable bonds is 36. The fourth-order valence-corrected chi connectivity index (χ4v) is 3.52. The Labute approximate surface area is 282 Å². The van der Waals surface area contributed by atoms with Gasteiger partial charge in [0.25, 0.3) is 11.4 Å². The third kappa shape index (κ3) is 26.3.